The molecule has 0 saturated carbocycles. The van der Waals surface area contributed by atoms with E-state index in [9.17, 15) is 4.79 Å². The summed E-state index contributed by atoms with van der Waals surface area (Å²) in [6, 6.07) is 0. The zero-order valence-corrected chi connectivity index (χ0v) is 6.25. The van der Waals surface area contributed by atoms with Gasteiger partial charge in [0.15, 0.2) is 0 Å². The molecule has 0 unspecified atom stereocenters. The van der Waals surface area contributed by atoms with Gasteiger partial charge in [-0.3, -0.25) is 0 Å². The third kappa shape index (κ3) is 5.25. The highest BCUT2D eigenvalue weighted by Crippen LogP contribution is 1.84. The molecule has 0 aliphatic rings. The van der Waals surface area contributed by atoms with Gasteiger partial charge in [0, 0.05) is 5.92 Å². The van der Waals surface area contributed by atoms with Gasteiger partial charge in [-0.1, -0.05) is 11.8 Å². The molecular weight excluding hydrogens is 136 g/mol. The minimum atomic E-state index is -0.452. The van der Waals surface area contributed by atoms with Crippen LogP contribution in [0.2, 0.25) is 0 Å². The summed E-state index contributed by atoms with van der Waals surface area (Å²) in [6.07, 6.45) is 1.80. The van der Waals surface area contributed by atoms with E-state index in [1.54, 1.807) is 13.2 Å². The molecule has 0 spiro atoms. The van der Waals surface area contributed by atoms with Crippen LogP contribution in [-0.2, 0) is 9.53 Å². The molecule has 0 aromatic heterocycles. The molecule has 2 nitrogen and oxygen atoms in total. The molecule has 0 N–H and O–H groups in total. The van der Waals surface area contributed by atoms with Crippen molar-refractivity contribution in [1.82, 2.24) is 0 Å². The number of carbonyl (C=O) groups is 1. The van der Waals surface area contributed by atoms with Crippen molar-refractivity contribution in [2.45, 2.75) is 6.92 Å². The Morgan fingerprint density at radius 1 is 1.78 bits per heavy atom. The van der Waals surface area contributed by atoms with Crippen LogP contribution in [0.4, 0.5) is 0 Å². The lowest BCUT2D eigenvalue weighted by Crippen LogP contribution is -1.98. The summed E-state index contributed by atoms with van der Waals surface area (Å²) < 4.78 is 4.52. The molecule has 0 fully saturated rings. The van der Waals surface area contributed by atoms with Gasteiger partial charge < -0.3 is 4.74 Å². The van der Waals surface area contributed by atoms with E-state index < -0.39 is 5.97 Å². The van der Waals surface area contributed by atoms with Gasteiger partial charge >= 0.3 is 5.97 Å². The minimum absolute atomic E-state index is 0.391. The smallest absolute Gasteiger partial charge is 0.385 e. The van der Waals surface area contributed by atoms with Gasteiger partial charge in [0.25, 0.3) is 0 Å². The molecule has 0 amide bonds. The van der Waals surface area contributed by atoms with Crippen molar-refractivity contribution < 1.29 is 9.53 Å². The van der Waals surface area contributed by atoms with Gasteiger partial charge in [-0.15, -0.1) is 0 Å². The van der Waals surface area contributed by atoms with E-state index in [1.807, 2.05) is 0 Å². The first-order valence-corrected chi connectivity index (χ1v) is 3.74. The molecule has 0 saturated heterocycles. The van der Waals surface area contributed by atoms with Gasteiger partial charge in [0.1, 0.15) is 0 Å². The first-order chi connectivity index (χ1) is 4.31. The number of esters is 1. The second kappa shape index (κ2) is 5.52. The Kier molecular flexibility index (Phi) is 5.14. The molecule has 50 valence electrons. The molecule has 0 aliphatic heterocycles. The van der Waals surface area contributed by atoms with Crippen molar-refractivity contribution in [3.8, 4) is 11.2 Å². The van der Waals surface area contributed by atoms with Crippen molar-refractivity contribution in [3.63, 3.8) is 0 Å². The maximum absolute atomic E-state index is 10.4. The molecule has 0 heterocycles. The summed E-state index contributed by atoms with van der Waals surface area (Å²) >= 11 is 1.29. The van der Waals surface area contributed by atoms with Crippen molar-refractivity contribution in [3.05, 3.63) is 0 Å². The number of ether oxygens (including phenoxy) is 1. The number of rotatable bonds is 1. The summed E-state index contributed by atoms with van der Waals surface area (Å²) in [5.41, 5.74) is 0. The van der Waals surface area contributed by atoms with E-state index >= 15 is 0 Å². The Labute approximate surface area is 59.0 Å². The van der Waals surface area contributed by atoms with Crippen molar-refractivity contribution in [2.24, 2.45) is 0 Å². The Hall–Kier alpha value is -0.620. The van der Waals surface area contributed by atoms with Crippen LogP contribution >= 0.6 is 11.8 Å². The van der Waals surface area contributed by atoms with Gasteiger partial charge in [-0.25, -0.2) is 4.79 Å². The minimum Gasteiger partial charge on any atom is -0.456 e. The van der Waals surface area contributed by atoms with Gasteiger partial charge in [-0.05, 0) is 18.4 Å². The molecular formula is C6H8O2S. The van der Waals surface area contributed by atoms with Gasteiger partial charge in [-0.2, -0.15) is 0 Å². The lowest BCUT2D eigenvalue weighted by Gasteiger charge is -1.89. The van der Waals surface area contributed by atoms with Gasteiger partial charge in [0.2, 0.25) is 0 Å². The SMILES string of the molecule is CCOC(=O)C#CSC. The number of carbonyl (C=O) groups excluding carboxylic acids is 1. The average molecular weight is 144 g/mol. The fraction of sp³-hybridized carbons (Fsp3) is 0.500. The molecule has 0 bridgehead atoms. The fourth-order valence-electron chi connectivity index (χ4n) is 0.260. The third-order valence-electron chi connectivity index (χ3n) is 0.531. The fourth-order valence-corrected chi connectivity index (χ4v) is 0.445. The highest BCUT2D eigenvalue weighted by atomic mass is 32.2. The van der Waals surface area contributed by atoms with Gasteiger partial charge in [0.05, 0.1) is 6.61 Å². The topological polar surface area (TPSA) is 26.3 Å². The molecule has 0 aromatic rings. The lowest BCUT2D eigenvalue weighted by molar-refractivity contribution is -0.136. The highest BCUT2D eigenvalue weighted by molar-refractivity contribution is 8.03. The summed E-state index contributed by atoms with van der Waals surface area (Å²) in [5, 5.41) is 2.52. The van der Waals surface area contributed by atoms with E-state index in [0.29, 0.717) is 6.61 Å². The predicted octanol–water partition coefficient (Wildman–Crippen LogP) is 0.873. The first kappa shape index (κ1) is 8.38. The maximum Gasteiger partial charge on any atom is 0.385 e. The predicted molar refractivity (Wildman–Crippen MR) is 37.9 cm³/mol. The van der Waals surface area contributed by atoms with E-state index in [1.165, 1.54) is 11.8 Å². The monoisotopic (exact) mass is 144 g/mol. The van der Waals surface area contributed by atoms with Crippen molar-refractivity contribution >= 4 is 17.7 Å². The van der Waals surface area contributed by atoms with Crippen LogP contribution in [0.25, 0.3) is 0 Å². The molecule has 0 radical (unpaired) electrons. The normalized spacial score (nSPS) is 7.33. The Bertz CT molecular complexity index is 143. The van der Waals surface area contributed by atoms with Crippen molar-refractivity contribution in [1.29, 1.82) is 0 Å². The van der Waals surface area contributed by atoms with E-state index in [-0.39, 0.29) is 0 Å². The summed E-state index contributed by atoms with van der Waals surface area (Å²) in [5.74, 6) is 1.83. The third-order valence-corrected chi connectivity index (χ3v) is 0.837. The van der Waals surface area contributed by atoms with Crippen LogP contribution in [0.5, 0.6) is 0 Å². The van der Waals surface area contributed by atoms with E-state index in [4.69, 9.17) is 0 Å². The Balaban J connectivity index is 3.49. The molecule has 9 heavy (non-hydrogen) atoms. The zero-order chi connectivity index (χ0) is 7.11. The molecule has 0 atom stereocenters. The summed E-state index contributed by atoms with van der Waals surface area (Å²) in [7, 11) is 0. The lowest BCUT2D eigenvalue weighted by atomic mass is 10.7. The average Bonchev–Trinajstić information content (AvgIpc) is 1.85. The standard InChI is InChI=1S/C6H8O2S/c1-3-8-6(7)4-5-9-2/h3H2,1-2H3. The Morgan fingerprint density at radius 3 is 2.89 bits per heavy atom. The summed E-state index contributed by atoms with van der Waals surface area (Å²) in [6.45, 7) is 2.14. The van der Waals surface area contributed by atoms with Crippen LogP contribution in [0, 0.1) is 11.2 Å². The van der Waals surface area contributed by atoms with E-state index in [2.05, 4.69) is 15.9 Å². The van der Waals surface area contributed by atoms with Crippen LogP contribution in [0.3, 0.4) is 0 Å². The second-order valence-electron chi connectivity index (χ2n) is 1.15. The van der Waals surface area contributed by atoms with Crippen molar-refractivity contribution in [2.75, 3.05) is 12.9 Å². The first-order valence-electron chi connectivity index (χ1n) is 2.52. The largest absolute Gasteiger partial charge is 0.456 e. The number of hydrogen-bond donors (Lipinski definition) is 0. The molecule has 3 heteroatoms. The van der Waals surface area contributed by atoms with E-state index in [0.717, 1.165) is 0 Å². The molecule has 0 aromatic carbocycles. The zero-order valence-electron chi connectivity index (χ0n) is 5.43. The maximum atomic E-state index is 10.4. The number of thioether (sulfide) groups is 1. The second-order valence-corrected chi connectivity index (χ2v) is 1.76. The number of hydrogen-bond acceptors (Lipinski definition) is 3. The van der Waals surface area contributed by atoms with Crippen LogP contribution in [0.15, 0.2) is 0 Å². The van der Waals surface area contributed by atoms with Crippen LogP contribution < -0.4 is 0 Å². The van der Waals surface area contributed by atoms with Crippen LogP contribution in [-0.4, -0.2) is 18.8 Å². The highest BCUT2D eigenvalue weighted by Gasteiger charge is 1.89. The quantitative estimate of drug-likeness (QED) is 0.403. The Morgan fingerprint density at radius 2 is 2.44 bits per heavy atom. The van der Waals surface area contributed by atoms with Crippen LogP contribution in [0.1, 0.15) is 6.92 Å². The molecule has 0 aliphatic carbocycles. The molecule has 0 rings (SSSR count). The summed E-state index contributed by atoms with van der Waals surface area (Å²) in [4.78, 5) is 10.4.